The Morgan fingerprint density at radius 2 is 2.07 bits per heavy atom. The third-order valence-corrected chi connectivity index (χ3v) is 8.42. The maximum absolute atomic E-state index is 13.5. The van der Waals surface area contributed by atoms with Crippen LogP contribution in [-0.4, -0.2) is 73.1 Å². The number of amides is 1. The lowest BCUT2D eigenvalue weighted by molar-refractivity contribution is -0.118. The lowest BCUT2D eigenvalue weighted by Gasteiger charge is -2.47. The van der Waals surface area contributed by atoms with Crippen molar-refractivity contribution in [3.05, 3.63) is 0 Å². The number of hydrogen-bond donors (Lipinski definition) is 2. The van der Waals surface area contributed by atoms with Crippen molar-refractivity contribution in [3.63, 3.8) is 0 Å². The maximum atomic E-state index is 13.5. The van der Waals surface area contributed by atoms with Gasteiger partial charge >= 0.3 is 0 Å². The van der Waals surface area contributed by atoms with Gasteiger partial charge in [0.05, 0.1) is 30.7 Å². The number of hydrogen-bond acceptors (Lipinski definition) is 6. The zero-order valence-corrected chi connectivity index (χ0v) is 17.2. The Morgan fingerprint density at radius 3 is 2.90 bits per heavy atom. The third-order valence-electron chi connectivity index (χ3n) is 8.42. The van der Waals surface area contributed by atoms with Crippen LogP contribution in [0.1, 0.15) is 57.8 Å². The van der Waals surface area contributed by atoms with E-state index in [0.29, 0.717) is 6.10 Å². The smallest absolute Gasteiger partial charge is 0.268 e. The summed E-state index contributed by atoms with van der Waals surface area (Å²) in [5.41, 5.74) is 0.780. The molecule has 0 spiro atoms. The van der Waals surface area contributed by atoms with Gasteiger partial charge in [-0.3, -0.25) is 14.8 Å². The Balaban J connectivity index is 1.27. The fourth-order valence-corrected chi connectivity index (χ4v) is 6.79. The predicted octanol–water partition coefficient (Wildman–Crippen LogP) is 0.785. The van der Waals surface area contributed by atoms with Gasteiger partial charge in [-0.2, -0.15) is 5.10 Å². The third kappa shape index (κ3) is 3.14. The molecule has 5 unspecified atom stereocenters. The largest absolute Gasteiger partial charge is 0.373 e. The summed E-state index contributed by atoms with van der Waals surface area (Å²) in [6.07, 6.45) is 12.9. The zero-order valence-electron chi connectivity index (χ0n) is 17.2. The van der Waals surface area contributed by atoms with Gasteiger partial charge < -0.3 is 15.3 Å². The second kappa shape index (κ2) is 7.08. The highest BCUT2D eigenvalue weighted by Gasteiger charge is 2.54. The van der Waals surface area contributed by atoms with Crippen molar-refractivity contribution in [1.82, 2.24) is 15.6 Å². The van der Waals surface area contributed by atoms with Gasteiger partial charge in [0, 0.05) is 24.2 Å². The van der Waals surface area contributed by atoms with Gasteiger partial charge in [0.2, 0.25) is 7.41 Å². The summed E-state index contributed by atoms with van der Waals surface area (Å²) in [5.74, 6) is 1.27. The van der Waals surface area contributed by atoms with E-state index in [1.807, 2.05) is 6.21 Å². The molecule has 4 heterocycles. The lowest BCUT2D eigenvalue weighted by Crippen LogP contribution is -2.57. The summed E-state index contributed by atoms with van der Waals surface area (Å²) in [5, 5.41) is 14.1. The molecule has 156 valence electrons. The van der Waals surface area contributed by atoms with E-state index in [-0.39, 0.29) is 35.5 Å². The van der Waals surface area contributed by atoms with E-state index in [1.54, 1.807) is 0 Å². The zero-order chi connectivity index (χ0) is 19.4. The van der Waals surface area contributed by atoms with Crippen LogP contribution in [0.4, 0.5) is 0 Å². The first kappa shape index (κ1) is 18.4. The molecule has 4 aliphatic heterocycles. The van der Waals surface area contributed by atoms with Crippen molar-refractivity contribution in [2.45, 2.75) is 87.5 Å². The molecule has 7 aliphatic rings. The number of nitrogens with zero attached hydrogens (tertiary/aromatic N) is 3. The van der Waals surface area contributed by atoms with E-state index in [0.717, 1.165) is 70.7 Å². The Hall–Kier alpha value is -1.41. The molecule has 0 radical (unpaired) electrons. The monoisotopic (exact) mass is 397 g/mol. The summed E-state index contributed by atoms with van der Waals surface area (Å²) in [6, 6.07) is 0.172. The summed E-state index contributed by atoms with van der Waals surface area (Å²) in [6.45, 7) is 1.71. The van der Waals surface area contributed by atoms with Crippen LogP contribution in [0.3, 0.4) is 0 Å². The van der Waals surface area contributed by atoms with E-state index >= 15 is 0 Å². The molecular weight excluding hydrogens is 365 g/mol. The van der Waals surface area contributed by atoms with E-state index in [2.05, 4.69) is 20.5 Å². The van der Waals surface area contributed by atoms with Crippen LogP contribution in [0, 0.1) is 11.8 Å². The number of aliphatic imine (C=N–C) groups is 1. The van der Waals surface area contributed by atoms with Gasteiger partial charge in [0.1, 0.15) is 5.71 Å². The van der Waals surface area contributed by atoms with Gasteiger partial charge in [-0.1, -0.05) is 0 Å². The fourth-order valence-electron chi connectivity index (χ4n) is 6.79. The highest BCUT2D eigenvalue weighted by molar-refractivity contribution is 6.42. The quantitative estimate of drug-likeness (QED) is 0.691. The molecule has 1 amide bonds. The Labute approximate surface area is 173 Å². The molecule has 3 aliphatic carbocycles. The van der Waals surface area contributed by atoms with Gasteiger partial charge in [-0.15, -0.1) is 0 Å². The second-order valence-corrected chi connectivity index (χ2v) is 10.1. The van der Waals surface area contributed by atoms with Gasteiger partial charge in [0.25, 0.3) is 5.91 Å². The first-order valence-corrected chi connectivity index (χ1v) is 11.8. The van der Waals surface area contributed by atoms with Gasteiger partial charge in [-0.05, 0) is 63.7 Å². The van der Waals surface area contributed by atoms with Crippen molar-refractivity contribution in [2.75, 3.05) is 13.1 Å². The Morgan fingerprint density at radius 1 is 1.24 bits per heavy atom. The van der Waals surface area contributed by atoms with Crippen LogP contribution in [0.15, 0.2) is 10.1 Å². The molecule has 3 saturated carbocycles. The second-order valence-electron chi connectivity index (χ2n) is 10.1. The molecule has 29 heavy (non-hydrogen) atoms. The predicted molar refractivity (Wildman–Crippen MR) is 113 cm³/mol. The van der Waals surface area contributed by atoms with Crippen molar-refractivity contribution >= 4 is 25.2 Å². The number of hydrazone groups is 1. The maximum Gasteiger partial charge on any atom is 0.268 e. The Kier molecular flexibility index (Phi) is 4.49. The molecular formula is C21H32BN5O2. The summed E-state index contributed by atoms with van der Waals surface area (Å²) < 4.78 is 6.28. The van der Waals surface area contributed by atoms with Crippen molar-refractivity contribution < 1.29 is 9.53 Å². The average Bonchev–Trinajstić information content (AvgIpc) is 3.20. The standard InChI is InChI=1S/C21H32BN5O2/c28-20(25-21-6-3-13(4-7-21)5-8-21)18-15-11-14-1-2-16(29-14)19(15)27(26-18)17-12-23-9-10-24-22-17/h12-17,19,22,24H,1-11H2,(H,25,28). The minimum Gasteiger partial charge on any atom is -0.373 e. The average molecular weight is 397 g/mol. The van der Waals surface area contributed by atoms with Crippen molar-refractivity contribution in [3.8, 4) is 0 Å². The van der Waals surface area contributed by atoms with Crippen LogP contribution in [0.2, 0.25) is 0 Å². The minimum absolute atomic E-state index is 0.0206. The number of carbonyl (C=O) groups excluding carboxylic acids is 1. The van der Waals surface area contributed by atoms with Crippen molar-refractivity contribution in [2.24, 2.45) is 21.9 Å². The molecule has 5 fully saturated rings. The van der Waals surface area contributed by atoms with E-state index in [1.165, 1.54) is 19.3 Å². The number of fused-ring (bicyclic) bond motifs is 7. The number of nitrogens with one attached hydrogen (secondary N) is 2. The van der Waals surface area contributed by atoms with Crippen LogP contribution in [0.25, 0.3) is 0 Å². The fraction of sp³-hybridized carbons (Fsp3) is 0.857. The van der Waals surface area contributed by atoms with Crippen LogP contribution >= 0.6 is 0 Å². The molecule has 2 N–H and O–H groups in total. The van der Waals surface area contributed by atoms with E-state index < -0.39 is 0 Å². The molecule has 7 nitrogen and oxygen atoms in total. The number of carbonyl (C=O) groups is 1. The molecule has 0 aromatic heterocycles. The molecule has 7 rings (SSSR count). The first-order valence-electron chi connectivity index (χ1n) is 11.8. The topological polar surface area (TPSA) is 78.3 Å². The Bertz CT molecular complexity index is 721. The van der Waals surface area contributed by atoms with Crippen molar-refractivity contribution in [1.29, 1.82) is 0 Å². The summed E-state index contributed by atoms with van der Waals surface area (Å²) in [4.78, 5) is 18.1. The highest BCUT2D eigenvalue weighted by atomic mass is 16.5. The molecule has 0 aromatic rings. The minimum atomic E-state index is 0.0206. The summed E-state index contributed by atoms with van der Waals surface area (Å²) >= 11 is 0. The van der Waals surface area contributed by atoms with E-state index in [4.69, 9.17) is 9.84 Å². The van der Waals surface area contributed by atoms with E-state index in [9.17, 15) is 4.79 Å². The number of rotatable bonds is 3. The molecule has 4 bridgehead atoms. The van der Waals surface area contributed by atoms with Gasteiger partial charge in [0.15, 0.2) is 0 Å². The SMILES string of the molecule is O=C(NC12CCC(CC1)CC2)C1=NN(C2BNCCN=C2)C2C3CCC(CC12)O3. The molecule has 8 heteroatoms. The molecule has 5 atom stereocenters. The molecule has 2 saturated heterocycles. The lowest BCUT2D eigenvalue weighted by atomic mass is 9.65. The van der Waals surface area contributed by atoms with Crippen LogP contribution in [-0.2, 0) is 9.53 Å². The highest BCUT2D eigenvalue weighted by Crippen LogP contribution is 2.45. The molecule has 0 aromatic carbocycles. The number of ether oxygens (including phenoxy) is 1. The summed E-state index contributed by atoms with van der Waals surface area (Å²) in [7, 11) is 0.826. The van der Waals surface area contributed by atoms with Crippen LogP contribution in [0.5, 0.6) is 0 Å². The first-order chi connectivity index (χ1) is 14.2. The van der Waals surface area contributed by atoms with Gasteiger partial charge in [-0.25, -0.2) is 0 Å². The van der Waals surface area contributed by atoms with Crippen LogP contribution < -0.4 is 10.5 Å². The normalized spacial score (nSPS) is 45.4.